The number of carbonyl (C=O) groups excluding carboxylic acids is 2. The van der Waals surface area contributed by atoms with Crippen molar-refractivity contribution in [2.45, 2.75) is 33.1 Å². The molecule has 1 aliphatic rings. The van der Waals surface area contributed by atoms with Crippen LogP contribution in [0.4, 0.5) is 11.4 Å². The SMILES string of the molecule is CC(=O)Nc1ccccc1CC(=O)N1CC(C(C)C)c2ccccc21. The molecular weight excluding hydrogens is 312 g/mol. The third-order valence-electron chi connectivity index (χ3n) is 4.78. The number of para-hydroxylation sites is 2. The van der Waals surface area contributed by atoms with Crippen molar-refractivity contribution >= 4 is 23.2 Å². The number of anilines is 2. The van der Waals surface area contributed by atoms with E-state index in [1.54, 1.807) is 0 Å². The maximum Gasteiger partial charge on any atom is 0.231 e. The van der Waals surface area contributed by atoms with Gasteiger partial charge in [-0.25, -0.2) is 0 Å². The minimum absolute atomic E-state index is 0.0633. The number of hydrogen-bond donors (Lipinski definition) is 1. The molecule has 2 aromatic carbocycles. The molecule has 0 saturated heterocycles. The van der Waals surface area contributed by atoms with Crippen molar-refractivity contribution in [3.8, 4) is 0 Å². The van der Waals surface area contributed by atoms with E-state index in [-0.39, 0.29) is 18.2 Å². The van der Waals surface area contributed by atoms with Gasteiger partial charge < -0.3 is 10.2 Å². The zero-order valence-electron chi connectivity index (χ0n) is 15.0. The molecule has 1 atom stereocenters. The number of nitrogens with zero attached hydrogens (tertiary/aromatic N) is 1. The highest BCUT2D eigenvalue weighted by Crippen LogP contribution is 2.40. The molecule has 0 radical (unpaired) electrons. The fraction of sp³-hybridized carbons (Fsp3) is 0.333. The molecule has 0 fully saturated rings. The van der Waals surface area contributed by atoms with Crippen molar-refractivity contribution < 1.29 is 9.59 Å². The summed E-state index contributed by atoms with van der Waals surface area (Å²) in [5, 5.41) is 2.81. The van der Waals surface area contributed by atoms with Gasteiger partial charge in [-0.3, -0.25) is 9.59 Å². The second-order valence-electron chi connectivity index (χ2n) is 6.93. The maximum atomic E-state index is 13.0. The van der Waals surface area contributed by atoms with Crippen LogP contribution in [0.3, 0.4) is 0 Å². The van der Waals surface area contributed by atoms with Gasteiger partial charge in [0.25, 0.3) is 0 Å². The Labute approximate surface area is 148 Å². The number of rotatable bonds is 4. The summed E-state index contributed by atoms with van der Waals surface area (Å²) in [6.45, 7) is 6.59. The van der Waals surface area contributed by atoms with E-state index in [0.717, 1.165) is 17.8 Å². The van der Waals surface area contributed by atoms with E-state index in [2.05, 4.69) is 25.2 Å². The standard InChI is InChI=1S/C21H24N2O2/c1-14(2)18-13-23(20-11-7-5-9-17(18)20)21(25)12-16-8-4-6-10-19(16)22-15(3)24/h4-11,14,18H,12-13H2,1-3H3,(H,22,24). The van der Waals surface area contributed by atoms with Gasteiger partial charge in [0.1, 0.15) is 0 Å². The summed E-state index contributed by atoms with van der Waals surface area (Å²) in [5.41, 5.74) is 3.81. The molecule has 130 valence electrons. The number of benzene rings is 2. The van der Waals surface area contributed by atoms with Crippen LogP contribution < -0.4 is 10.2 Å². The number of fused-ring (bicyclic) bond motifs is 1. The average molecular weight is 336 g/mol. The van der Waals surface area contributed by atoms with E-state index >= 15 is 0 Å². The van der Waals surface area contributed by atoms with Crippen molar-refractivity contribution in [3.63, 3.8) is 0 Å². The third kappa shape index (κ3) is 3.58. The summed E-state index contributed by atoms with van der Waals surface area (Å²) in [5.74, 6) is 0.774. The molecule has 25 heavy (non-hydrogen) atoms. The van der Waals surface area contributed by atoms with Gasteiger partial charge in [0.2, 0.25) is 11.8 Å². The highest BCUT2D eigenvalue weighted by molar-refractivity contribution is 5.98. The number of carbonyl (C=O) groups is 2. The number of hydrogen-bond acceptors (Lipinski definition) is 2. The highest BCUT2D eigenvalue weighted by atomic mass is 16.2. The van der Waals surface area contributed by atoms with Crippen molar-refractivity contribution in [3.05, 3.63) is 59.7 Å². The van der Waals surface area contributed by atoms with E-state index in [0.29, 0.717) is 17.5 Å². The molecule has 0 bridgehead atoms. The second-order valence-corrected chi connectivity index (χ2v) is 6.93. The molecule has 2 amide bonds. The van der Waals surface area contributed by atoms with Crippen molar-refractivity contribution in [1.29, 1.82) is 0 Å². The second kappa shape index (κ2) is 7.09. The first kappa shape index (κ1) is 17.2. The molecule has 1 heterocycles. The largest absolute Gasteiger partial charge is 0.326 e. The molecule has 2 aromatic rings. The summed E-state index contributed by atoms with van der Waals surface area (Å²) in [6, 6.07) is 15.6. The zero-order valence-corrected chi connectivity index (χ0v) is 15.0. The first-order valence-corrected chi connectivity index (χ1v) is 8.72. The third-order valence-corrected chi connectivity index (χ3v) is 4.78. The van der Waals surface area contributed by atoms with Crippen LogP contribution in [0.25, 0.3) is 0 Å². The lowest BCUT2D eigenvalue weighted by atomic mass is 9.90. The van der Waals surface area contributed by atoms with Gasteiger partial charge in [-0.05, 0) is 29.2 Å². The van der Waals surface area contributed by atoms with Gasteiger partial charge in [0, 0.05) is 30.8 Å². The van der Waals surface area contributed by atoms with Gasteiger partial charge in [-0.2, -0.15) is 0 Å². The lowest BCUT2D eigenvalue weighted by Crippen LogP contribution is -2.32. The first-order chi connectivity index (χ1) is 12.0. The van der Waals surface area contributed by atoms with E-state index in [1.807, 2.05) is 47.4 Å². The Balaban J connectivity index is 1.85. The van der Waals surface area contributed by atoms with Crippen molar-refractivity contribution in [2.75, 3.05) is 16.8 Å². The number of nitrogens with one attached hydrogen (secondary N) is 1. The van der Waals surface area contributed by atoms with Crippen LogP contribution in [-0.4, -0.2) is 18.4 Å². The molecule has 0 spiro atoms. The molecule has 4 heteroatoms. The van der Waals surface area contributed by atoms with E-state index in [1.165, 1.54) is 12.5 Å². The normalized spacial score (nSPS) is 16.0. The van der Waals surface area contributed by atoms with Gasteiger partial charge in [0.05, 0.1) is 6.42 Å². The Kier molecular flexibility index (Phi) is 4.88. The Morgan fingerprint density at radius 3 is 2.52 bits per heavy atom. The van der Waals surface area contributed by atoms with E-state index in [4.69, 9.17) is 0 Å². The Morgan fingerprint density at radius 2 is 1.80 bits per heavy atom. The quantitative estimate of drug-likeness (QED) is 0.918. The van der Waals surface area contributed by atoms with Gasteiger partial charge in [0.15, 0.2) is 0 Å². The topological polar surface area (TPSA) is 49.4 Å². The average Bonchev–Trinajstić information content (AvgIpc) is 2.96. The maximum absolute atomic E-state index is 13.0. The van der Waals surface area contributed by atoms with Gasteiger partial charge in [-0.1, -0.05) is 50.2 Å². The van der Waals surface area contributed by atoms with E-state index < -0.39 is 0 Å². The molecule has 3 rings (SSSR count). The van der Waals surface area contributed by atoms with Crippen LogP contribution in [0.2, 0.25) is 0 Å². The highest BCUT2D eigenvalue weighted by Gasteiger charge is 2.33. The molecule has 0 saturated carbocycles. The molecule has 4 nitrogen and oxygen atoms in total. The van der Waals surface area contributed by atoms with Gasteiger partial charge >= 0.3 is 0 Å². The summed E-state index contributed by atoms with van der Waals surface area (Å²) in [4.78, 5) is 26.3. The van der Waals surface area contributed by atoms with Crippen LogP contribution in [-0.2, 0) is 16.0 Å². The monoisotopic (exact) mass is 336 g/mol. The first-order valence-electron chi connectivity index (χ1n) is 8.72. The minimum Gasteiger partial charge on any atom is -0.326 e. The Bertz CT molecular complexity index is 798. The fourth-order valence-corrected chi connectivity index (χ4v) is 3.49. The number of amides is 2. The van der Waals surface area contributed by atoms with Crippen LogP contribution in [0, 0.1) is 5.92 Å². The summed E-state index contributed by atoms with van der Waals surface area (Å²) in [6.07, 6.45) is 0.273. The predicted molar refractivity (Wildman–Crippen MR) is 101 cm³/mol. The fourth-order valence-electron chi connectivity index (χ4n) is 3.49. The van der Waals surface area contributed by atoms with Crippen molar-refractivity contribution in [1.82, 2.24) is 0 Å². The summed E-state index contributed by atoms with van der Waals surface area (Å²) < 4.78 is 0. The summed E-state index contributed by atoms with van der Waals surface area (Å²) >= 11 is 0. The smallest absolute Gasteiger partial charge is 0.231 e. The minimum atomic E-state index is -0.133. The molecule has 1 N–H and O–H groups in total. The van der Waals surface area contributed by atoms with Crippen LogP contribution in [0.5, 0.6) is 0 Å². The van der Waals surface area contributed by atoms with E-state index in [9.17, 15) is 9.59 Å². The molecule has 0 aliphatic carbocycles. The Morgan fingerprint density at radius 1 is 1.12 bits per heavy atom. The summed E-state index contributed by atoms with van der Waals surface area (Å²) in [7, 11) is 0. The molecular formula is C21H24N2O2. The van der Waals surface area contributed by atoms with Gasteiger partial charge in [-0.15, -0.1) is 0 Å². The van der Waals surface area contributed by atoms with Crippen LogP contribution in [0.1, 0.15) is 37.8 Å². The lowest BCUT2D eigenvalue weighted by Gasteiger charge is -2.20. The van der Waals surface area contributed by atoms with Crippen molar-refractivity contribution in [2.24, 2.45) is 5.92 Å². The predicted octanol–water partition coefficient (Wildman–Crippen LogP) is 3.97. The van der Waals surface area contributed by atoms with Crippen LogP contribution >= 0.6 is 0 Å². The Hall–Kier alpha value is -2.62. The lowest BCUT2D eigenvalue weighted by molar-refractivity contribution is -0.118. The molecule has 1 unspecified atom stereocenters. The molecule has 1 aliphatic heterocycles. The van der Waals surface area contributed by atoms with Crippen LogP contribution in [0.15, 0.2) is 48.5 Å². The zero-order chi connectivity index (χ0) is 18.0. The molecule has 0 aromatic heterocycles.